The van der Waals surface area contributed by atoms with Gasteiger partial charge in [-0.2, -0.15) is 0 Å². The molecule has 0 spiro atoms. The second-order valence-corrected chi connectivity index (χ2v) is 6.33. The van der Waals surface area contributed by atoms with Gasteiger partial charge in [-0.3, -0.25) is 4.79 Å². The zero-order valence-electron chi connectivity index (χ0n) is 14.4. The van der Waals surface area contributed by atoms with Gasteiger partial charge in [-0.15, -0.1) is 0 Å². The summed E-state index contributed by atoms with van der Waals surface area (Å²) in [4.78, 5) is 20.3. The largest absolute Gasteiger partial charge is 0.490 e. The quantitative estimate of drug-likeness (QED) is 0.716. The Labute approximate surface area is 151 Å². The minimum Gasteiger partial charge on any atom is -0.490 e. The molecule has 1 amide bonds. The topological polar surface area (TPSA) is 76.2 Å². The van der Waals surface area contributed by atoms with Crippen molar-refractivity contribution >= 4 is 16.9 Å². The van der Waals surface area contributed by atoms with Crippen molar-refractivity contribution in [2.75, 3.05) is 13.2 Å². The van der Waals surface area contributed by atoms with E-state index in [1.807, 2.05) is 42.5 Å². The molecule has 0 aliphatic carbocycles. The normalized spacial score (nSPS) is 16.7. The van der Waals surface area contributed by atoms with E-state index in [0.29, 0.717) is 24.5 Å². The van der Waals surface area contributed by atoms with Gasteiger partial charge in [-0.25, -0.2) is 4.98 Å². The molecule has 1 aliphatic rings. The van der Waals surface area contributed by atoms with Gasteiger partial charge in [0, 0.05) is 6.61 Å². The van der Waals surface area contributed by atoms with Crippen molar-refractivity contribution in [1.82, 2.24) is 15.3 Å². The summed E-state index contributed by atoms with van der Waals surface area (Å²) in [6, 6.07) is 15.0. The number of hydrogen-bond donors (Lipinski definition) is 2. The van der Waals surface area contributed by atoms with Crippen LogP contribution in [0.25, 0.3) is 11.0 Å². The zero-order valence-corrected chi connectivity index (χ0v) is 14.4. The average molecular weight is 351 g/mol. The summed E-state index contributed by atoms with van der Waals surface area (Å²) in [7, 11) is 0. The van der Waals surface area contributed by atoms with Gasteiger partial charge >= 0.3 is 0 Å². The molecule has 0 bridgehead atoms. The van der Waals surface area contributed by atoms with Crippen molar-refractivity contribution in [3.63, 3.8) is 0 Å². The van der Waals surface area contributed by atoms with E-state index in [4.69, 9.17) is 9.47 Å². The van der Waals surface area contributed by atoms with E-state index < -0.39 is 0 Å². The Bertz CT molecular complexity index is 867. The van der Waals surface area contributed by atoms with Crippen LogP contribution in [-0.2, 0) is 11.3 Å². The number of nitrogens with zero attached hydrogens (tertiary/aromatic N) is 1. The molecular weight excluding hydrogens is 330 g/mol. The molecule has 1 unspecified atom stereocenters. The van der Waals surface area contributed by atoms with Gasteiger partial charge in [-0.05, 0) is 37.1 Å². The zero-order chi connectivity index (χ0) is 17.8. The fourth-order valence-corrected chi connectivity index (χ4v) is 3.09. The number of amides is 1. The highest BCUT2D eigenvalue weighted by atomic mass is 16.5. The van der Waals surface area contributed by atoms with Crippen molar-refractivity contribution in [2.24, 2.45) is 0 Å². The molecule has 1 fully saturated rings. The highest BCUT2D eigenvalue weighted by Gasteiger charge is 2.18. The van der Waals surface area contributed by atoms with Crippen molar-refractivity contribution < 1.29 is 14.3 Å². The van der Waals surface area contributed by atoms with E-state index in [1.165, 1.54) is 0 Å². The number of fused-ring (bicyclic) bond motifs is 1. The summed E-state index contributed by atoms with van der Waals surface area (Å²) in [6.07, 6.45) is 2.18. The second kappa shape index (κ2) is 7.58. The van der Waals surface area contributed by atoms with Gasteiger partial charge in [0.2, 0.25) is 0 Å². The number of aromatic amines is 1. The van der Waals surface area contributed by atoms with Gasteiger partial charge < -0.3 is 19.8 Å². The molecule has 2 heterocycles. The Morgan fingerprint density at radius 2 is 2.08 bits per heavy atom. The first-order valence-corrected chi connectivity index (χ1v) is 8.85. The van der Waals surface area contributed by atoms with Crippen LogP contribution in [-0.4, -0.2) is 35.2 Å². The van der Waals surface area contributed by atoms with E-state index in [2.05, 4.69) is 15.3 Å². The third-order valence-corrected chi connectivity index (χ3v) is 4.44. The van der Waals surface area contributed by atoms with Gasteiger partial charge in [0.05, 0.1) is 29.2 Å². The molecule has 6 heteroatoms. The average Bonchev–Trinajstić information content (AvgIpc) is 3.33. The maximum atomic E-state index is 12.6. The third-order valence-electron chi connectivity index (χ3n) is 4.44. The molecule has 6 nitrogen and oxygen atoms in total. The molecule has 1 aliphatic heterocycles. The number of carbonyl (C=O) groups is 1. The molecule has 1 aromatic heterocycles. The Kier molecular flexibility index (Phi) is 4.84. The van der Waals surface area contributed by atoms with Crippen molar-refractivity contribution in [3.8, 4) is 5.75 Å². The number of aromatic nitrogens is 2. The second-order valence-electron chi connectivity index (χ2n) is 6.33. The lowest BCUT2D eigenvalue weighted by molar-refractivity contribution is 0.0670. The van der Waals surface area contributed by atoms with Crippen molar-refractivity contribution in [1.29, 1.82) is 0 Å². The number of nitrogens with one attached hydrogen (secondary N) is 2. The highest BCUT2D eigenvalue weighted by molar-refractivity contribution is 5.96. The minimum atomic E-state index is -0.187. The smallest absolute Gasteiger partial charge is 0.255 e. The molecule has 4 rings (SSSR count). The standard InChI is InChI=1S/C20H21N3O3/c24-20(21-12-19-22-16-8-2-3-9-17(16)23-19)15-7-1-4-10-18(15)26-13-14-6-5-11-25-14/h1-4,7-10,14H,5-6,11-13H2,(H,21,24)(H,22,23). The summed E-state index contributed by atoms with van der Waals surface area (Å²) in [5, 5.41) is 2.90. The fraction of sp³-hybridized carbons (Fsp3) is 0.300. The van der Waals surface area contributed by atoms with E-state index in [1.54, 1.807) is 6.07 Å². The fourth-order valence-electron chi connectivity index (χ4n) is 3.09. The lowest BCUT2D eigenvalue weighted by Crippen LogP contribution is -2.25. The molecule has 3 aromatic rings. The summed E-state index contributed by atoms with van der Waals surface area (Å²) in [5.74, 6) is 1.11. The van der Waals surface area contributed by atoms with Crippen molar-refractivity contribution in [2.45, 2.75) is 25.5 Å². The third kappa shape index (κ3) is 3.70. The summed E-state index contributed by atoms with van der Waals surface area (Å²) < 4.78 is 11.4. The number of hydrogen-bond acceptors (Lipinski definition) is 4. The van der Waals surface area contributed by atoms with Crippen LogP contribution < -0.4 is 10.1 Å². The summed E-state index contributed by atoms with van der Waals surface area (Å²) >= 11 is 0. The van der Waals surface area contributed by atoms with Crippen LogP contribution in [0.2, 0.25) is 0 Å². The van der Waals surface area contributed by atoms with E-state index >= 15 is 0 Å². The van der Waals surface area contributed by atoms with E-state index in [0.717, 1.165) is 36.3 Å². The maximum absolute atomic E-state index is 12.6. The van der Waals surface area contributed by atoms with Crippen LogP contribution in [0.1, 0.15) is 29.0 Å². The molecule has 2 aromatic carbocycles. The molecule has 134 valence electrons. The number of carbonyl (C=O) groups excluding carboxylic acids is 1. The Balaban J connectivity index is 1.40. The van der Waals surface area contributed by atoms with Crippen LogP contribution in [0.5, 0.6) is 5.75 Å². The number of ether oxygens (including phenoxy) is 2. The van der Waals surface area contributed by atoms with Crippen LogP contribution in [0.3, 0.4) is 0 Å². The van der Waals surface area contributed by atoms with Crippen LogP contribution in [0, 0.1) is 0 Å². The van der Waals surface area contributed by atoms with Crippen molar-refractivity contribution in [3.05, 3.63) is 59.9 Å². The maximum Gasteiger partial charge on any atom is 0.255 e. The molecule has 0 saturated carbocycles. The lowest BCUT2D eigenvalue weighted by atomic mass is 10.2. The highest BCUT2D eigenvalue weighted by Crippen LogP contribution is 2.20. The molecule has 1 atom stereocenters. The van der Waals surface area contributed by atoms with E-state index in [-0.39, 0.29) is 12.0 Å². The monoisotopic (exact) mass is 351 g/mol. The predicted molar refractivity (Wildman–Crippen MR) is 98.2 cm³/mol. The SMILES string of the molecule is O=C(NCc1nc2ccccc2[nH]1)c1ccccc1OCC1CCCO1. The van der Waals surface area contributed by atoms with Gasteiger partial charge in [0.25, 0.3) is 5.91 Å². The van der Waals surface area contributed by atoms with Gasteiger partial charge in [-0.1, -0.05) is 24.3 Å². The lowest BCUT2D eigenvalue weighted by Gasteiger charge is -2.14. The number of rotatable bonds is 6. The molecule has 0 radical (unpaired) electrons. The summed E-state index contributed by atoms with van der Waals surface area (Å²) in [6.45, 7) is 1.58. The Morgan fingerprint density at radius 1 is 1.23 bits per heavy atom. The van der Waals surface area contributed by atoms with Crippen LogP contribution >= 0.6 is 0 Å². The number of benzene rings is 2. The van der Waals surface area contributed by atoms with Crippen LogP contribution in [0.4, 0.5) is 0 Å². The number of imidazole rings is 1. The van der Waals surface area contributed by atoms with Crippen LogP contribution in [0.15, 0.2) is 48.5 Å². The summed E-state index contributed by atoms with van der Waals surface area (Å²) in [5.41, 5.74) is 2.36. The van der Waals surface area contributed by atoms with Gasteiger partial charge in [0.15, 0.2) is 0 Å². The predicted octanol–water partition coefficient (Wildman–Crippen LogP) is 3.05. The Hall–Kier alpha value is -2.86. The van der Waals surface area contributed by atoms with Gasteiger partial charge in [0.1, 0.15) is 18.2 Å². The molecule has 26 heavy (non-hydrogen) atoms. The number of H-pyrrole nitrogens is 1. The molecule has 1 saturated heterocycles. The van der Waals surface area contributed by atoms with E-state index in [9.17, 15) is 4.79 Å². The molecule has 2 N–H and O–H groups in total. The Morgan fingerprint density at radius 3 is 2.92 bits per heavy atom. The minimum absolute atomic E-state index is 0.113. The first-order chi connectivity index (χ1) is 12.8. The first-order valence-electron chi connectivity index (χ1n) is 8.85. The molecular formula is C20H21N3O3. The number of para-hydroxylation sites is 3. The first kappa shape index (κ1) is 16.6.